The molecule has 0 saturated heterocycles. The van der Waals surface area contributed by atoms with Gasteiger partial charge in [0.15, 0.2) is 11.5 Å². The molecule has 0 unspecified atom stereocenters. The van der Waals surface area contributed by atoms with Crippen molar-refractivity contribution in [2.24, 2.45) is 0 Å². The van der Waals surface area contributed by atoms with E-state index in [0.717, 1.165) is 6.07 Å². The molecule has 0 aliphatic carbocycles. The van der Waals surface area contributed by atoms with E-state index in [0.29, 0.717) is 0 Å². The first-order valence-corrected chi connectivity index (χ1v) is 3.95. The lowest BCUT2D eigenvalue weighted by molar-refractivity contribution is -0.131. The van der Waals surface area contributed by atoms with E-state index in [1.54, 1.807) is 0 Å². The van der Waals surface area contributed by atoms with Gasteiger partial charge in [-0.15, -0.1) is 11.6 Å². The predicted molar refractivity (Wildman–Crippen MR) is 46.1 cm³/mol. The van der Waals surface area contributed by atoms with E-state index in [-0.39, 0.29) is 23.1 Å². The summed E-state index contributed by atoms with van der Waals surface area (Å²) in [5, 5.41) is 17.9. The molecule has 0 aliphatic heterocycles. The van der Waals surface area contributed by atoms with E-state index in [4.69, 9.17) is 21.8 Å². The van der Waals surface area contributed by atoms with Crippen molar-refractivity contribution in [2.75, 3.05) is 5.88 Å². The lowest BCUT2D eigenvalue weighted by Gasteiger charge is -2.02. The standard InChI is InChI=1S/C8H7ClO4/c9-4-8(12)13-5-1-2-6(10)7(11)3-5/h1-3,10-11H,4H2. The highest BCUT2D eigenvalue weighted by Crippen LogP contribution is 2.28. The van der Waals surface area contributed by atoms with Gasteiger partial charge < -0.3 is 14.9 Å². The monoisotopic (exact) mass is 202 g/mol. The van der Waals surface area contributed by atoms with Crippen molar-refractivity contribution < 1.29 is 19.7 Å². The van der Waals surface area contributed by atoms with Gasteiger partial charge in [0.2, 0.25) is 0 Å². The topological polar surface area (TPSA) is 66.8 Å². The molecule has 0 aromatic heterocycles. The molecule has 0 bridgehead atoms. The van der Waals surface area contributed by atoms with Crippen LogP contribution in [0, 0.1) is 0 Å². The van der Waals surface area contributed by atoms with E-state index < -0.39 is 5.97 Å². The number of carbonyl (C=O) groups excluding carboxylic acids is 1. The number of hydrogen-bond acceptors (Lipinski definition) is 4. The van der Waals surface area contributed by atoms with Crippen LogP contribution in [0.2, 0.25) is 0 Å². The molecular weight excluding hydrogens is 196 g/mol. The molecule has 13 heavy (non-hydrogen) atoms. The zero-order chi connectivity index (χ0) is 9.84. The Bertz CT molecular complexity index is 324. The predicted octanol–water partition coefficient (Wildman–Crippen LogP) is 1.24. The second-order valence-corrected chi connectivity index (χ2v) is 2.53. The largest absolute Gasteiger partial charge is 0.504 e. The van der Waals surface area contributed by atoms with E-state index in [1.165, 1.54) is 12.1 Å². The number of esters is 1. The van der Waals surface area contributed by atoms with Gasteiger partial charge >= 0.3 is 5.97 Å². The van der Waals surface area contributed by atoms with Crippen molar-refractivity contribution >= 4 is 17.6 Å². The lowest BCUT2D eigenvalue weighted by atomic mass is 10.3. The summed E-state index contributed by atoms with van der Waals surface area (Å²) in [5.74, 6) is -1.36. The Kier molecular flexibility index (Phi) is 2.97. The quantitative estimate of drug-likeness (QED) is 0.328. The third-order valence-corrected chi connectivity index (χ3v) is 1.51. The fourth-order valence-corrected chi connectivity index (χ4v) is 0.780. The number of phenols is 2. The highest BCUT2D eigenvalue weighted by molar-refractivity contribution is 6.26. The molecule has 0 aliphatic rings. The van der Waals surface area contributed by atoms with Crippen LogP contribution in [0.1, 0.15) is 0 Å². The van der Waals surface area contributed by atoms with E-state index in [1.807, 2.05) is 0 Å². The maximum absolute atomic E-state index is 10.7. The van der Waals surface area contributed by atoms with Crippen molar-refractivity contribution in [1.82, 2.24) is 0 Å². The highest BCUT2D eigenvalue weighted by Gasteiger charge is 2.05. The fourth-order valence-electron chi connectivity index (χ4n) is 0.725. The van der Waals surface area contributed by atoms with Crippen molar-refractivity contribution in [3.05, 3.63) is 18.2 Å². The maximum Gasteiger partial charge on any atom is 0.326 e. The Morgan fingerprint density at radius 1 is 1.38 bits per heavy atom. The number of hydrogen-bond donors (Lipinski definition) is 2. The average molecular weight is 203 g/mol. The molecule has 0 amide bonds. The van der Waals surface area contributed by atoms with Gasteiger partial charge in [0, 0.05) is 6.07 Å². The van der Waals surface area contributed by atoms with Crippen molar-refractivity contribution in [1.29, 1.82) is 0 Å². The Balaban J connectivity index is 2.79. The number of carbonyl (C=O) groups is 1. The summed E-state index contributed by atoms with van der Waals surface area (Å²) < 4.78 is 4.66. The van der Waals surface area contributed by atoms with E-state index in [9.17, 15) is 4.79 Å². The summed E-state index contributed by atoms with van der Waals surface area (Å²) in [6.07, 6.45) is 0. The summed E-state index contributed by atoms with van der Waals surface area (Å²) in [6, 6.07) is 3.69. The second-order valence-electron chi connectivity index (χ2n) is 2.26. The SMILES string of the molecule is O=C(CCl)Oc1ccc(O)c(O)c1. The molecule has 2 N–H and O–H groups in total. The number of ether oxygens (including phenoxy) is 1. The Labute approximate surface area is 79.3 Å². The summed E-state index contributed by atoms with van der Waals surface area (Å²) in [6.45, 7) is 0. The zero-order valence-corrected chi connectivity index (χ0v) is 7.28. The van der Waals surface area contributed by atoms with Crippen LogP contribution in [0.4, 0.5) is 0 Å². The molecule has 0 radical (unpaired) electrons. The molecule has 0 atom stereocenters. The number of alkyl halides is 1. The molecule has 1 aromatic rings. The lowest BCUT2D eigenvalue weighted by Crippen LogP contribution is -2.08. The van der Waals surface area contributed by atoms with Crippen LogP contribution in [-0.2, 0) is 4.79 Å². The Morgan fingerprint density at radius 3 is 2.62 bits per heavy atom. The highest BCUT2D eigenvalue weighted by atomic mass is 35.5. The van der Waals surface area contributed by atoms with Crippen LogP contribution < -0.4 is 4.74 Å². The molecule has 0 spiro atoms. The Hall–Kier alpha value is -1.42. The van der Waals surface area contributed by atoms with Crippen LogP contribution in [0.25, 0.3) is 0 Å². The second kappa shape index (κ2) is 4.00. The number of aromatic hydroxyl groups is 2. The summed E-state index contributed by atoms with van der Waals surface area (Å²) in [4.78, 5) is 10.7. The maximum atomic E-state index is 10.7. The summed E-state index contributed by atoms with van der Waals surface area (Å²) in [5.41, 5.74) is 0. The van der Waals surface area contributed by atoms with Crippen LogP contribution in [0.5, 0.6) is 17.2 Å². The number of phenolic OH excluding ortho intramolecular Hbond substituents is 2. The van der Waals surface area contributed by atoms with Crippen LogP contribution in [0.3, 0.4) is 0 Å². The molecule has 0 saturated carbocycles. The van der Waals surface area contributed by atoms with Crippen molar-refractivity contribution in [3.63, 3.8) is 0 Å². The average Bonchev–Trinajstić information content (AvgIpc) is 2.11. The van der Waals surface area contributed by atoms with Crippen LogP contribution in [0.15, 0.2) is 18.2 Å². The van der Waals surface area contributed by atoms with Crippen LogP contribution >= 0.6 is 11.6 Å². The van der Waals surface area contributed by atoms with Crippen molar-refractivity contribution in [3.8, 4) is 17.2 Å². The molecular formula is C8H7ClO4. The van der Waals surface area contributed by atoms with Gasteiger partial charge in [-0.1, -0.05) is 0 Å². The third-order valence-electron chi connectivity index (χ3n) is 1.29. The first-order valence-electron chi connectivity index (χ1n) is 3.42. The minimum absolute atomic E-state index is 0.140. The Morgan fingerprint density at radius 2 is 2.08 bits per heavy atom. The van der Waals surface area contributed by atoms with Crippen molar-refractivity contribution in [2.45, 2.75) is 0 Å². The zero-order valence-electron chi connectivity index (χ0n) is 6.53. The molecule has 1 rings (SSSR count). The number of benzene rings is 1. The number of rotatable bonds is 2. The van der Waals surface area contributed by atoms with E-state index >= 15 is 0 Å². The van der Waals surface area contributed by atoms with Crippen LogP contribution in [-0.4, -0.2) is 22.1 Å². The molecule has 5 heteroatoms. The third kappa shape index (κ3) is 2.52. The van der Waals surface area contributed by atoms with Gasteiger partial charge in [0.25, 0.3) is 0 Å². The summed E-state index contributed by atoms with van der Waals surface area (Å²) in [7, 11) is 0. The normalized spacial score (nSPS) is 9.62. The van der Waals surface area contributed by atoms with Gasteiger partial charge in [0.1, 0.15) is 11.6 Å². The first kappa shape index (κ1) is 9.67. The van der Waals surface area contributed by atoms with Gasteiger partial charge in [-0.2, -0.15) is 0 Å². The van der Waals surface area contributed by atoms with Gasteiger partial charge in [-0.25, -0.2) is 0 Å². The van der Waals surface area contributed by atoms with E-state index in [2.05, 4.69) is 4.74 Å². The molecule has 1 aromatic carbocycles. The number of halogens is 1. The summed E-state index contributed by atoms with van der Waals surface area (Å²) >= 11 is 5.19. The molecule has 4 nitrogen and oxygen atoms in total. The minimum Gasteiger partial charge on any atom is -0.504 e. The molecule has 0 heterocycles. The van der Waals surface area contributed by atoms with Gasteiger partial charge in [0.05, 0.1) is 0 Å². The fraction of sp³-hybridized carbons (Fsp3) is 0.125. The first-order chi connectivity index (χ1) is 6.13. The molecule has 0 fully saturated rings. The van der Waals surface area contributed by atoms with Gasteiger partial charge in [-0.3, -0.25) is 4.79 Å². The van der Waals surface area contributed by atoms with Gasteiger partial charge in [-0.05, 0) is 12.1 Å². The molecule has 70 valence electrons. The minimum atomic E-state index is -0.619. The smallest absolute Gasteiger partial charge is 0.326 e.